The molecule has 1 atom stereocenters. The lowest BCUT2D eigenvalue weighted by Gasteiger charge is -2.21. The number of nitrogens with one attached hydrogen (secondary N) is 1. The molecule has 0 radical (unpaired) electrons. The summed E-state index contributed by atoms with van der Waals surface area (Å²) in [5, 5.41) is 3.43. The van der Waals surface area contributed by atoms with Crippen molar-refractivity contribution in [3.63, 3.8) is 0 Å². The van der Waals surface area contributed by atoms with Crippen LogP contribution in [0.4, 0.5) is 4.39 Å². The molecular weight excluding hydrogens is 331 g/mol. The van der Waals surface area contributed by atoms with Crippen molar-refractivity contribution in [2.24, 2.45) is 0 Å². The van der Waals surface area contributed by atoms with Gasteiger partial charge in [0, 0.05) is 32.1 Å². The monoisotopic (exact) mass is 356 g/mol. The minimum Gasteiger partial charge on any atom is -0.489 e. The van der Waals surface area contributed by atoms with Crippen LogP contribution in [0.3, 0.4) is 0 Å². The number of hydrogen-bond acceptors (Lipinski definition) is 3. The van der Waals surface area contributed by atoms with Gasteiger partial charge in [-0.25, -0.2) is 4.39 Å². The molecular formula is C21H25FN2O2. The van der Waals surface area contributed by atoms with Crippen LogP contribution in [0.2, 0.25) is 0 Å². The molecule has 1 aliphatic rings. The number of benzene rings is 2. The van der Waals surface area contributed by atoms with Crippen LogP contribution in [0.5, 0.6) is 5.75 Å². The Morgan fingerprint density at radius 1 is 1.08 bits per heavy atom. The Morgan fingerprint density at radius 2 is 1.85 bits per heavy atom. The zero-order valence-electron chi connectivity index (χ0n) is 14.9. The summed E-state index contributed by atoms with van der Waals surface area (Å²) in [6, 6.07) is 16.8. The van der Waals surface area contributed by atoms with Gasteiger partial charge in [0.2, 0.25) is 5.91 Å². The summed E-state index contributed by atoms with van der Waals surface area (Å²) in [7, 11) is 0. The molecule has 1 unspecified atom stereocenters. The summed E-state index contributed by atoms with van der Waals surface area (Å²) >= 11 is 0. The normalized spacial score (nSPS) is 17.8. The molecule has 1 amide bonds. The van der Waals surface area contributed by atoms with Gasteiger partial charge < -0.3 is 15.0 Å². The molecule has 2 aromatic rings. The molecule has 0 aliphatic carbocycles. The van der Waals surface area contributed by atoms with Crippen LogP contribution >= 0.6 is 0 Å². The quantitative estimate of drug-likeness (QED) is 0.774. The topological polar surface area (TPSA) is 41.6 Å². The van der Waals surface area contributed by atoms with Gasteiger partial charge in [0.25, 0.3) is 0 Å². The lowest BCUT2D eigenvalue weighted by atomic mass is 10.1. The highest BCUT2D eigenvalue weighted by Gasteiger charge is 2.22. The molecule has 4 nitrogen and oxygen atoms in total. The number of likely N-dealkylation sites (tertiary alicyclic amines) is 1. The summed E-state index contributed by atoms with van der Waals surface area (Å²) in [5.41, 5.74) is 1.16. The Labute approximate surface area is 154 Å². The van der Waals surface area contributed by atoms with E-state index in [4.69, 9.17) is 4.74 Å². The Kier molecular flexibility index (Phi) is 6.61. The van der Waals surface area contributed by atoms with Crippen LogP contribution in [-0.4, -0.2) is 36.5 Å². The number of rotatable bonds is 7. The van der Waals surface area contributed by atoms with Crippen molar-refractivity contribution in [3.8, 4) is 5.75 Å². The van der Waals surface area contributed by atoms with Crippen LogP contribution in [-0.2, 0) is 11.3 Å². The summed E-state index contributed by atoms with van der Waals surface area (Å²) in [4.78, 5) is 14.3. The minimum atomic E-state index is -0.343. The first-order valence-electron chi connectivity index (χ1n) is 9.15. The molecule has 1 N–H and O–H groups in total. The van der Waals surface area contributed by atoms with E-state index in [9.17, 15) is 9.18 Å². The Balaban J connectivity index is 1.42. The maximum absolute atomic E-state index is 13.5. The summed E-state index contributed by atoms with van der Waals surface area (Å²) in [6.45, 7) is 2.45. The highest BCUT2D eigenvalue weighted by molar-refractivity contribution is 5.76. The van der Waals surface area contributed by atoms with Crippen LogP contribution < -0.4 is 10.1 Å². The van der Waals surface area contributed by atoms with E-state index in [-0.39, 0.29) is 23.5 Å². The van der Waals surface area contributed by atoms with Crippen LogP contribution in [0.1, 0.15) is 24.8 Å². The van der Waals surface area contributed by atoms with E-state index in [1.54, 1.807) is 18.2 Å². The fourth-order valence-corrected chi connectivity index (χ4v) is 3.20. The Hall–Kier alpha value is -2.40. The number of nitrogens with zero attached hydrogens (tertiary/aromatic N) is 1. The van der Waals surface area contributed by atoms with E-state index in [1.807, 2.05) is 35.2 Å². The van der Waals surface area contributed by atoms with E-state index in [0.717, 1.165) is 24.9 Å². The van der Waals surface area contributed by atoms with Gasteiger partial charge in [0.1, 0.15) is 6.61 Å². The standard InChI is InChI=1S/C21H25FN2O2/c22-19-8-4-5-9-20(19)26-15-13-23-18-10-11-21(25)24(14-12-18)16-17-6-2-1-3-7-17/h1-9,18,23H,10-16H2. The molecule has 1 aliphatic heterocycles. The third kappa shape index (κ3) is 5.30. The molecule has 1 fully saturated rings. The smallest absolute Gasteiger partial charge is 0.222 e. The summed E-state index contributed by atoms with van der Waals surface area (Å²) < 4.78 is 19.0. The number of carbonyl (C=O) groups is 1. The molecule has 3 rings (SSSR count). The molecule has 0 bridgehead atoms. The second kappa shape index (κ2) is 9.34. The molecule has 2 aromatic carbocycles. The maximum Gasteiger partial charge on any atom is 0.222 e. The minimum absolute atomic E-state index is 0.209. The second-order valence-corrected chi connectivity index (χ2v) is 6.56. The van der Waals surface area contributed by atoms with Gasteiger partial charge in [-0.1, -0.05) is 42.5 Å². The third-order valence-electron chi connectivity index (χ3n) is 4.65. The third-order valence-corrected chi connectivity index (χ3v) is 4.65. The number of carbonyl (C=O) groups excluding carboxylic acids is 1. The molecule has 26 heavy (non-hydrogen) atoms. The van der Waals surface area contributed by atoms with Crippen molar-refractivity contribution in [2.75, 3.05) is 19.7 Å². The molecule has 138 valence electrons. The fraction of sp³-hybridized carbons (Fsp3) is 0.381. The Morgan fingerprint density at radius 3 is 2.65 bits per heavy atom. The first-order chi connectivity index (χ1) is 12.7. The van der Waals surface area contributed by atoms with E-state index in [0.29, 0.717) is 26.1 Å². The Bertz CT molecular complexity index is 708. The number of hydrogen-bond donors (Lipinski definition) is 1. The van der Waals surface area contributed by atoms with E-state index < -0.39 is 0 Å². The number of ether oxygens (including phenoxy) is 1. The van der Waals surface area contributed by atoms with Gasteiger partial charge in [-0.3, -0.25) is 4.79 Å². The van der Waals surface area contributed by atoms with Gasteiger partial charge in [-0.15, -0.1) is 0 Å². The van der Waals surface area contributed by atoms with E-state index in [1.165, 1.54) is 6.07 Å². The van der Waals surface area contributed by atoms with Gasteiger partial charge in [-0.05, 0) is 30.5 Å². The van der Waals surface area contributed by atoms with E-state index in [2.05, 4.69) is 5.32 Å². The van der Waals surface area contributed by atoms with E-state index >= 15 is 0 Å². The first-order valence-corrected chi connectivity index (χ1v) is 9.15. The summed E-state index contributed by atoms with van der Waals surface area (Å²) in [6.07, 6.45) is 2.29. The van der Waals surface area contributed by atoms with Crippen LogP contribution in [0.25, 0.3) is 0 Å². The maximum atomic E-state index is 13.5. The van der Waals surface area contributed by atoms with Crippen molar-refractivity contribution < 1.29 is 13.9 Å². The highest BCUT2D eigenvalue weighted by atomic mass is 19.1. The second-order valence-electron chi connectivity index (χ2n) is 6.56. The highest BCUT2D eigenvalue weighted by Crippen LogP contribution is 2.16. The van der Waals surface area contributed by atoms with Crippen molar-refractivity contribution >= 4 is 5.91 Å². The number of halogens is 1. The lowest BCUT2D eigenvalue weighted by Crippen LogP contribution is -2.34. The lowest BCUT2D eigenvalue weighted by molar-refractivity contribution is -0.131. The van der Waals surface area contributed by atoms with Crippen molar-refractivity contribution in [2.45, 2.75) is 31.8 Å². The zero-order valence-corrected chi connectivity index (χ0v) is 14.9. The van der Waals surface area contributed by atoms with Gasteiger partial charge in [-0.2, -0.15) is 0 Å². The average molecular weight is 356 g/mol. The summed E-state index contributed by atoms with van der Waals surface area (Å²) in [5.74, 6) is 0.143. The fourth-order valence-electron chi connectivity index (χ4n) is 3.20. The van der Waals surface area contributed by atoms with Crippen LogP contribution in [0, 0.1) is 5.82 Å². The molecule has 1 heterocycles. The number of para-hydroxylation sites is 1. The van der Waals surface area contributed by atoms with Crippen molar-refractivity contribution in [1.29, 1.82) is 0 Å². The predicted molar refractivity (Wildman–Crippen MR) is 99.4 cm³/mol. The average Bonchev–Trinajstić information content (AvgIpc) is 2.83. The predicted octanol–water partition coefficient (Wildman–Crippen LogP) is 3.38. The molecule has 0 aromatic heterocycles. The molecule has 1 saturated heterocycles. The van der Waals surface area contributed by atoms with Gasteiger partial charge in [0.05, 0.1) is 0 Å². The first kappa shape index (κ1) is 18.4. The molecule has 5 heteroatoms. The van der Waals surface area contributed by atoms with Crippen molar-refractivity contribution in [3.05, 3.63) is 66.0 Å². The van der Waals surface area contributed by atoms with Gasteiger partial charge in [0.15, 0.2) is 11.6 Å². The molecule has 0 saturated carbocycles. The number of amides is 1. The SMILES string of the molecule is O=C1CCC(NCCOc2ccccc2F)CCN1Cc1ccccc1. The zero-order chi connectivity index (χ0) is 18.2. The van der Waals surface area contributed by atoms with Crippen LogP contribution in [0.15, 0.2) is 54.6 Å². The molecule has 0 spiro atoms. The van der Waals surface area contributed by atoms with Gasteiger partial charge >= 0.3 is 0 Å². The van der Waals surface area contributed by atoms with Crippen molar-refractivity contribution in [1.82, 2.24) is 10.2 Å². The largest absolute Gasteiger partial charge is 0.489 e.